The quantitative estimate of drug-likeness (QED) is 0.269. The Labute approximate surface area is 196 Å². The summed E-state index contributed by atoms with van der Waals surface area (Å²) in [6.45, 7) is 0. The van der Waals surface area contributed by atoms with Crippen molar-refractivity contribution in [3.63, 3.8) is 0 Å². The average Bonchev–Trinajstić information content (AvgIpc) is 3.40. The average molecular weight is 443 g/mol. The molecule has 3 heteroatoms. The van der Waals surface area contributed by atoms with Gasteiger partial charge in [-0.05, 0) is 60.4 Å². The molecule has 0 saturated heterocycles. The lowest BCUT2D eigenvalue weighted by Crippen LogP contribution is -2.02. The van der Waals surface area contributed by atoms with Crippen LogP contribution in [0.4, 0.5) is 5.69 Å². The molecule has 0 radical (unpaired) electrons. The molecule has 0 fully saturated rings. The van der Waals surface area contributed by atoms with Crippen LogP contribution in [0.2, 0.25) is 0 Å². The van der Waals surface area contributed by atoms with Gasteiger partial charge >= 0.3 is 0 Å². The van der Waals surface area contributed by atoms with E-state index in [2.05, 4.69) is 95.6 Å². The highest BCUT2D eigenvalue weighted by atomic mass is 32.1. The van der Waals surface area contributed by atoms with Crippen molar-refractivity contribution in [1.29, 1.82) is 0 Å². The Morgan fingerprint density at radius 2 is 1.64 bits per heavy atom. The maximum Gasteiger partial charge on any atom is 0.0584 e. The zero-order valence-corrected chi connectivity index (χ0v) is 18.9. The third kappa shape index (κ3) is 2.73. The minimum absolute atomic E-state index is 0.855. The zero-order valence-electron chi connectivity index (χ0n) is 18.1. The Bertz CT molecular complexity index is 1730. The number of hydrogen-bond donors (Lipinski definition) is 1. The number of nitrogen functional groups attached to an aromatic ring is 1. The molecule has 7 rings (SSSR count). The molecular formula is C30H22N2S. The van der Waals surface area contributed by atoms with Crippen molar-refractivity contribution in [3.8, 4) is 16.8 Å². The van der Waals surface area contributed by atoms with E-state index in [1.54, 1.807) is 11.3 Å². The molecule has 0 atom stereocenters. The van der Waals surface area contributed by atoms with Crippen LogP contribution in [-0.4, -0.2) is 4.57 Å². The Balaban J connectivity index is 1.51. The number of fused-ring (bicyclic) bond motifs is 6. The summed E-state index contributed by atoms with van der Waals surface area (Å²) in [6.07, 6.45) is 6.80. The van der Waals surface area contributed by atoms with Crippen molar-refractivity contribution in [3.05, 3.63) is 102 Å². The Kier molecular flexibility index (Phi) is 4.02. The van der Waals surface area contributed by atoms with Gasteiger partial charge in [0.15, 0.2) is 0 Å². The predicted octanol–water partition coefficient (Wildman–Crippen LogP) is 8.21. The van der Waals surface area contributed by atoms with Crippen molar-refractivity contribution in [2.75, 3.05) is 5.73 Å². The third-order valence-corrected chi connectivity index (χ3v) is 8.08. The number of benzene rings is 4. The maximum absolute atomic E-state index is 6.28. The first-order chi connectivity index (χ1) is 16.3. The van der Waals surface area contributed by atoms with Gasteiger partial charge in [0.2, 0.25) is 0 Å². The van der Waals surface area contributed by atoms with Crippen LogP contribution in [0, 0.1) is 0 Å². The topological polar surface area (TPSA) is 30.9 Å². The summed E-state index contributed by atoms with van der Waals surface area (Å²) in [5.74, 6) is 0. The molecule has 2 N–H and O–H groups in total. The van der Waals surface area contributed by atoms with Crippen LogP contribution in [0.25, 0.3) is 54.0 Å². The first-order valence-electron chi connectivity index (χ1n) is 11.4. The molecule has 2 aromatic heterocycles. The van der Waals surface area contributed by atoms with E-state index >= 15 is 0 Å². The summed E-state index contributed by atoms with van der Waals surface area (Å²) in [5.41, 5.74) is 14.9. The molecule has 0 aliphatic heterocycles. The van der Waals surface area contributed by atoms with E-state index in [1.807, 2.05) is 6.07 Å². The van der Waals surface area contributed by atoms with Crippen LogP contribution in [0.15, 0.2) is 91.0 Å². The van der Waals surface area contributed by atoms with Gasteiger partial charge in [-0.25, -0.2) is 0 Å². The fraction of sp³-hybridized carbons (Fsp3) is 0.0667. The molecular weight excluding hydrogens is 420 g/mol. The molecule has 0 spiro atoms. The largest absolute Gasteiger partial charge is 0.398 e. The molecule has 6 aromatic rings. The summed E-state index contributed by atoms with van der Waals surface area (Å²) in [5, 5.41) is 3.87. The van der Waals surface area contributed by atoms with Gasteiger partial charge in [0.25, 0.3) is 0 Å². The van der Waals surface area contributed by atoms with Crippen LogP contribution in [0.5, 0.6) is 0 Å². The summed E-state index contributed by atoms with van der Waals surface area (Å²) in [7, 11) is 0. The smallest absolute Gasteiger partial charge is 0.0584 e. The normalized spacial score (nSPS) is 13.2. The van der Waals surface area contributed by atoms with Gasteiger partial charge in [0, 0.05) is 37.8 Å². The molecule has 0 unspecified atom stereocenters. The van der Waals surface area contributed by atoms with Gasteiger partial charge in [-0.3, -0.25) is 0 Å². The van der Waals surface area contributed by atoms with Gasteiger partial charge in [-0.15, -0.1) is 11.3 Å². The van der Waals surface area contributed by atoms with E-state index in [4.69, 9.17) is 5.73 Å². The monoisotopic (exact) mass is 442 g/mol. The Morgan fingerprint density at radius 1 is 0.788 bits per heavy atom. The van der Waals surface area contributed by atoms with Crippen LogP contribution in [0.1, 0.15) is 17.7 Å². The number of aromatic nitrogens is 1. The van der Waals surface area contributed by atoms with Gasteiger partial charge in [0.1, 0.15) is 0 Å². The van der Waals surface area contributed by atoms with Crippen molar-refractivity contribution in [1.82, 2.24) is 4.57 Å². The van der Waals surface area contributed by atoms with E-state index in [-0.39, 0.29) is 0 Å². The fourth-order valence-electron chi connectivity index (χ4n) is 5.35. The highest BCUT2D eigenvalue weighted by Crippen LogP contribution is 2.41. The van der Waals surface area contributed by atoms with Gasteiger partial charge in [-0.1, -0.05) is 60.7 Å². The van der Waals surface area contributed by atoms with E-state index in [1.165, 1.54) is 59.1 Å². The summed E-state index contributed by atoms with van der Waals surface area (Å²) in [6, 6.07) is 30.6. The van der Waals surface area contributed by atoms with Crippen LogP contribution in [-0.2, 0) is 6.42 Å². The van der Waals surface area contributed by atoms with Crippen LogP contribution in [0.3, 0.4) is 0 Å². The molecule has 0 amide bonds. The number of thiophene rings is 1. The number of rotatable bonds is 2. The zero-order chi connectivity index (χ0) is 21.9. The standard InChI is InChI=1S/C30H22N2S/c31-25-12-7-11-23-24-18-19(16-17-29(24)33-30(23)25)20-8-1-4-13-26(20)32-27-14-5-2-9-21(27)22-10-3-6-15-28(22)32/h1-2,4-9,11-18H,3,10,31H2. The highest BCUT2D eigenvalue weighted by molar-refractivity contribution is 7.26. The van der Waals surface area contributed by atoms with E-state index < -0.39 is 0 Å². The summed E-state index contributed by atoms with van der Waals surface area (Å²) >= 11 is 1.78. The number of para-hydroxylation sites is 2. The van der Waals surface area contributed by atoms with E-state index in [0.717, 1.165) is 18.5 Å². The number of nitrogens with zero attached hydrogens (tertiary/aromatic N) is 1. The van der Waals surface area contributed by atoms with Crippen molar-refractivity contribution in [2.45, 2.75) is 12.8 Å². The molecule has 2 nitrogen and oxygen atoms in total. The lowest BCUT2D eigenvalue weighted by atomic mass is 10.00. The van der Waals surface area contributed by atoms with E-state index in [9.17, 15) is 0 Å². The molecule has 1 aliphatic carbocycles. The predicted molar refractivity (Wildman–Crippen MR) is 143 cm³/mol. The number of allylic oxidation sites excluding steroid dienone is 1. The molecule has 0 saturated carbocycles. The van der Waals surface area contributed by atoms with Crippen LogP contribution >= 0.6 is 11.3 Å². The second-order valence-corrected chi connectivity index (χ2v) is 9.76. The highest BCUT2D eigenvalue weighted by Gasteiger charge is 2.20. The van der Waals surface area contributed by atoms with Crippen molar-refractivity contribution >= 4 is 54.2 Å². The Hall–Kier alpha value is -3.82. The molecule has 2 heterocycles. The minimum Gasteiger partial charge on any atom is -0.398 e. The first kappa shape index (κ1) is 18.7. The molecule has 1 aliphatic rings. The molecule has 0 bridgehead atoms. The minimum atomic E-state index is 0.855. The molecule has 4 aromatic carbocycles. The second kappa shape index (κ2) is 7.09. The van der Waals surface area contributed by atoms with Gasteiger partial charge in [0.05, 0.1) is 15.9 Å². The number of nitrogens with two attached hydrogens (primary N) is 1. The second-order valence-electron chi connectivity index (χ2n) is 8.71. The number of aryl methyl sites for hydroxylation is 1. The maximum atomic E-state index is 6.28. The molecule has 158 valence electrons. The summed E-state index contributed by atoms with van der Waals surface area (Å²) < 4.78 is 4.90. The lowest BCUT2D eigenvalue weighted by molar-refractivity contribution is 0.968. The van der Waals surface area contributed by atoms with Gasteiger partial charge < -0.3 is 10.3 Å². The van der Waals surface area contributed by atoms with Crippen molar-refractivity contribution < 1.29 is 0 Å². The lowest BCUT2D eigenvalue weighted by Gasteiger charge is -2.16. The first-order valence-corrected chi connectivity index (χ1v) is 12.2. The molecule has 33 heavy (non-hydrogen) atoms. The fourth-order valence-corrected chi connectivity index (χ4v) is 6.46. The van der Waals surface area contributed by atoms with Crippen molar-refractivity contribution in [2.24, 2.45) is 0 Å². The number of hydrogen-bond acceptors (Lipinski definition) is 2. The SMILES string of the molecule is Nc1cccc2c1sc1ccc(-c3ccccc3-n3c4c(c5ccccc53)CCC=C4)cc12. The number of anilines is 1. The van der Waals surface area contributed by atoms with Gasteiger partial charge in [-0.2, -0.15) is 0 Å². The van der Waals surface area contributed by atoms with E-state index in [0.29, 0.717) is 0 Å². The van der Waals surface area contributed by atoms with Crippen LogP contribution < -0.4 is 5.73 Å². The Morgan fingerprint density at radius 3 is 2.61 bits per heavy atom. The summed E-state index contributed by atoms with van der Waals surface area (Å²) in [4.78, 5) is 0. The third-order valence-electron chi connectivity index (χ3n) is 6.84.